The zero-order valence-electron chi connectivity index (χ0n) is 10.2. The predicted octanol–water partition coefficient (Wildman–Crippen LogP) is 1.36. The van der Waals surface area contributed by atoms with Crippen LogP contribution in [0, 0.1) is 6.92 Å². The van der Waals surface area contributed by atoms with E-state index in [1.54, 1.807) is 12.3 Å². The summed E-state index contributed by atoms with van der Waals surface area (Å²) < 4.78 is 5.47. The van der Waals surface area contributed by atoms with Crippen molar-refractivity contribution in [2.24, 2.45) is 0 Å². The van der Waals surface area contributed by atoms with E-state index < -0.39 is 0 Å². The van der Waals surface area contributed by atoms with E-state index in [0.29, 0.717) is 30.4 Å². The first kappa shape index (κ1) is 13.3. The minimum atomic E-state index is -0.113. The van der Waals surface area contributed by atoms with Crippen LogP contribution >= 0.6 is 11.6 Å². The maximum atomic E-state index is 11.8. The number of anilines is 1. The number of hydrogen-bond acceptors (Lipinski definition) is 4. The van der Waals surface area contributed by atoms with Crippen molar-refractivity contribution in [1.29, 1.82) is 0 Å². The smallest absolute Gasteiger partial charge is 0.227 e. The lowest BCUT2D eigenvalue weighted by Crippen LogP contribution is -2.40. The van der Waals surface area contributed by atoms with Crippen molar-refractivity contribution >= 4 is 23.2 Å². The molecule has 0 bridgehead atoms. The number of rotatable bonds is 3. The van der Waals surface area contributed by atoms with Crippen LogP contribution in [0.25, 0.3) is 0 Å². The van der Waals surface area contributed by atoms with E-state index in [2.05, 4.69) is 15.6 Å². The topological polar surface area (TPSA) is 63.2 Å². The molecule has 0 radical (unpaired) electrons. The lowest BCUT2D eigenvalue weighted by atomic mass is 10.2. The van der Waals surface area contributed by atoms with Crippen molar-refractivity contribution in [3.8, 4) is 0 Å². The van der Waals surface area contributed by atoms with Gasteiger partial charge in [0, 0.05) is 19.3 Å². The van der Waals surface area contributed by atoms with Crippen LogP contribution in [0.1, 0.15) is 12.0 Å². The van der Waals surface area contributed by atoms with E-state index in [1.165, 1.54) is 0 Å². The molecule has 6 heteroatoms. The van der Waals surface area contributed by atoms with E-state index in [-0.39, 0.29) is 12.0 Å². The van der Waals surface area contributed by atoms with Crippen molar-refractivity contribution in [1.82, 2.24) is 10.3 Å². The number of morpholine rings is 1. The number of aromatic nitrogens is 1. The van der Waals surface area contributed by atoms with Gasteiger partial charge in [-0.3, -0.25) is 4.79 Å². The fraction of sp³-hybridized carbons (Fsp3) is 0.500. The molecule has 0 aliphatic carbocycles. The summed E-state index contributed by atoms with van der Waals surface area (Å²) in [6, 6.07) is 1.80. The van der Waals surface area contributed by atoms with Crippen LogP contribution in [0.2, 0.25) is 5.15 Å². The molecule has 5 nitrogen and oxygen atoms in total. The standard InChI is InChI=1S/C12H16ClN3O2/c1-8-4-10(12(13)15-6-8)16-11(17)5-9-7-14-2-3-18-9/h4,6,9,14H,2-3,5,7H2,1H3,(H,16,17). The highest BCUT2D eigenvalue weighted by Gasteiger charge is 2.18. The third kappa shape index (κ3) is 3.66. The summed E-state index contributed by atoms with van der Waals surface area (Å²) in [6.45, 7) is 4.08. The first-order chi connectivity index (χ1) is 8.65. The molecule has 0 spiro atoms. The summed E-state index contributed by atoms with van der Waals surface area (Å²) in [5.74, 6) is -0.113. The lowest BCUT2D eigenvalue weighted by Gasteiger charge is -2.23. The van der Waals surface area contributed by atoms with Crippen molar-refractivity contribution in [3.05, 3.63) is 23.0 Å². The summed E-state index contributed by atoms with van der Waals surface area (Å²) >= 11 is 5.91. The SMILES string of the molecule is Cc1cnc(Cl)c(NC(=O)CC2CNCCO2)c1. The molecule has 0 saturated carbocycles. The zero-order chi connectivity index (χ0) is 13.0. The second-order valence-electron chi connectivity index (χ2n) is 4.30. The molecule has 2 rings (SSSR count). The highest BCUT2D eigenvalue weighted by atomic mass is 35.5. The molecule has 1 amide bonds. The van der Waals surface area contributed by atoms with E-state index >= 15 is 0 Å². The molecule has 2 N–H and O–H groups in total. The normalized spacial score (nSPS) is 19.6. The molecule has 1 saturated heterocycles. The van der Waals surface area contributed by atoms with Gasteiger partial charge >= 0.3 is 0 Å². The molecular weight excluding hydrogens is 254 g/mol. The third-order valence-electron chi connectivity index (χ3n) is 2.67. The number of ether oxygens (including phenoxy) is 1. The van der Waals surface area contributed by atoms with Gasteiger partial charge in [-0.05, 0) is 18.6 Å². The fourth-order valence-corrected chi connectivity index (χ4v) is 1.95. The Morgan fingerprint density at radius 3 is 3.28 bits per heavy atom. The summed E-state index contributed by atoms with van der Waals surface area (Å²) in [4.78, 5) is 15.8. The molecule has 1 unspecified atom stereocenters. The minimum absolute atomic E-state index is 0.0738. The maximum absolute atomic E-state index is 11.8. The Morgan fingerprint density at radius 2 is 2.56 bits per heavy atom. The van der Waals surface area contributed by atoms with Crippen LogP contribution in [0.4, 0.5) is 5.69 Å². The van der Waals surface area contributed by atoms with Crippen LogP contribution in [-0.4, -0.2) is 36.7 Å². The van der Waals surface area contributed by atoms with Gasteiger partial charge in [-0.1, -0.05) is 11.6 Å². The zero-order valence-corrected chi connectivity index (χ0v) is 11.0. The summed E-state index contributed by atoms with van der Waals surface area (Å²) in [7, 11) is 0. The van der Waals surface area contributed by atoms with Gasteiger partial charge in [-0.25, -0.2) is 4.98 Å². The Bertz CT molecular complexity index is 433. The minimum Gasteiger partial charge on any atom is -0.375 e. The predicted molar refractivity (Wildman–Crippen MR) is 69.8 cm³/mol. The van der Waals surface area contributed by atoms with E-state index in [1.807, 2.05) is 6.92 Å². The number of amides is 1. The van der Waals surface area contributed by atoms with Crippen molar-refractivity contribution in [3.63, 3.8) is 0 Å². The van der Waals surface area contributed by atoms with Gasteiger partial charge in [-0.2, -0.15) is 0 Å². The number of nitrogens with one attached hydrogen (secondary N) is 2. The Morgan fingerprint density at radius 1 is 1.72 bits per heavy atom. The maximum Gasteiger partial charge on any atom is 0.227 e. The molecule has 1 atom stereocenters. The van der Waals surface area contributed by atoms with E-state index in [0.717, 1.165) is 12.1 Å². The Labute approximate surface area is 111 Å². The monoisotopic (exact) mass is 269 g/mol. The number of halogens is 1. The molecule has 1 aromatic heterocycles. The molecule has 1 aliphatic heterocycles. The molecule has 1 aromatic rings. The van der Waals surface area contributed by atoms with E-state index in [9.17, 15) is 4.79 Å². The Hall–Kier alpha value is -1.17. The second-order valence-corrected chi connectivity index (χ2v) is 4.66. The fourth-order valence-electron chi connectivity index (χ4n) is 1.80. The Balaban J connectivity index is 1.92. The van der Waals surface area contributed by atoms with Gasteiger partial charge < -0.3 is 15.4 Å². The van der Waals surface area contributed by atoms with Crippen LogP contribution in [0.5, 0.6) is 0 Å². The molecule has 0 aromatic carbocycles. The molecule has 98 valence electrons. The number of pyridine rings is 1. The number of nitrogens with zero attached hydrogens (tertiary/aromatic N) is 1. The first-order valence-electron chi connectivity index (χ1n) is 5.89. The van der Waals surface area contributed by atoms with Gasteiger partial charge in [0.05, 0.1) is 24.8 Å². The summed E-state index contributed by atoms with van der Waals surface area (Å²) in [5.41, 5.74) is 1.50. The highest BCUT2D eigenvalue weighted by molar-refractivity contribution is 6.32. The van der Waals surface area contributed by atoms with Crippen LogP contribution < -0.4 is 10.6 Å². The van der Waals surface area contributed by atoms with Crippen molar-refractivity contribution in [2.75, 3.05) is 25.0 Å². The molecule has 18 heavy (non-hydrogen) atoms. The lowest BCUT2D eigenvalue weighted by molar-refractivity contribution is -0.119. The van der Waals surface area contributed by atoms with Crippen LogP contribution in [0.15, 0.2) is 12.3 Å². The van der Waals surface area contributed by atoms with Crippen molar-refractivity contribution < 1.29 is 9.53 Å². The second kappa shape index (κ2) is 6.13. The quantitative estimate of drug-likeness (QED) is 0.814. The molecule has 1 aliphatic rings. The first-order valence-corrected chi connectivity index (χ1v) is 6.27. The van der Waals surface area contributed by atoms with Gasteiger partial charge in [-0.15, -0.1) is 0 Å². The van der Waals surface area contributed by atoms with Crippen LogP contribution in [-0.2, 0) is 9.53 Å². The third-order valence-corrected chi connectivity index (χ3v) is 2.97. The molecule has 2 heterocycles. The van der Waals surface area contributed by atoms with Gasteiger partial charge in [0.2, 0.25) is 5.91 Å². The molecule has 1 fully saturated rings. The van der Waals surface area contributed by atoms with Gasteiger partial charge in [0.1, 0.15) is 0 Å². The summed E-state index contributed by atoms with van der Waals surface area (Å²) in [6.07, 6.45) is 1.90. The summed E-state index contributed by atoms with van der Waals surface area (Å²) in [5, 5.41) is 6.24. The van der Waals surface area contributed by atoms with Gasteiger partial charge in [0.15, 0.2) is 5.15 Å². The number of carbonyl (C=O) groups excluding carboxylic acids is 1. The van der Waals surface area contributed by atoms with Gasteiger partial charge in [0.25, 0.3) is 0 Å². The number of aryl methyl sites for hydroxylation is 1. The van der Waals surface area contributed by atoms with Crippen molar-refractivity contribution in [2.45, 2.75) is 19.4 Å². The average molecular weight is 270 g/mol. The highest BCUT2D eigenvalue weighted by Crippen LogP contribution is 2.20. The van der Waals surface area contributed by atoms with E-state index in [4.69, 9.17) is 16.3 Å². The average Bonchev–Trinajstić information content (AvgIpc) is 2.35. The molecular formula is C12H16ClN3O2. The number of carbonyl (C=O) groups is 1. The van der Waals surface area contributed by atoms with Crippen LogP contribution in [0.3, 0.4) is 0 Å². The Kier molecular flexibility index (Phi) is 4.52. The number of hydrogen-bond donors (Lipinski definition) is 2. The largest absolute Gasteiger partial charge is 0.375 e.